The van der Waals surface area contributed by atoms with Gasteiger partial charge in [-0.25, -0.2) is 0 Å². The predicted molar refractivity (Wildman–Crippen MR) is 38.5 cm³/mol. The van der Waals surface area contributed by atoms with Crippen LogP contribution in [0.25, 0.3) is 0 Å². The Balaban J connectivity index is 4.10. The molecule has 54 valence electrons. The molecule has 0 atom stereocenters. The molecule has 0 fully saturated rings. The topological polar surface area (TPSA) is 35.2 Å². The molecule has 2 N–H and O–H groups in total. The lowest BCUT2D eigenvalue weighted by Crippen LogP contribution is -2.01. The lowest BCUT2D eigenvalue weighted by Gasteiger charge is -2.07. The second-order valence-electron chi connectivity index (χ2n) is 2.51. The number of rotatable bonds is 2. The van der Waals surface area contributed by atoms with Crippen LogP contribution in [0.4, 0.5) is 0 Å². The van der Waals surface area contributed by atoms with Crippen molar-refractivity contribution < 1.29 is 4.84 Å². The highest BCUT2D eigenvalue weighted by atomic mass is 16.6. The molecule has 0 rings (SSSR count). The highest BCUT2D eigenvalue weighted by molar-refractivity contribution is 5.04. The van der Waals surface area contributed by atoms with E-state index in [1.807, 2.05) is 13.8 Å². The molecule has 0 aromatic carbocycles. The number of allylic oxidation sites excluding steroid dienone is 2. The molecule has 0 saturated carbocycles. The summed E-state index contributed by atoms with van der Waals surface area (Å²) in [6.45, 7) is 8.11. The van der Waals surface area contributed by atoms with Gasteiger partial charge in [-0.1, -0.05) is 13.8 Å². The van der Waals surface area contributed by atoms with Gasteiger partial charge in [0.05, 0.1) is 0 Å². The molecule has 0 heterocycles. The Hall–Kier alpha value is -0.500. The van der Waals surface area contributed by atoms with Crippen LogP contribution in [0.1, 0.15) is 27.7 Å². The molecule has 0 radical (unpaired) electrons. The van der Waals surface area contributed by atoms with Crippen LogP contribution in [0.3, 0.4) is 0 Å². The van der Waals surface area contributed by atoms with Crippen LogP contribution in [0.2, 0.25) is 0 Å². The summed E-state index contributed by atoms with van der Waals surface area (Å²) in [6, 6.07) is 0. The molecule has 0 aromatic rings. The Morgan fingerprint density at radius 2 is 1.78 bits per heavy atom. The summed E-state index contributed by atoms with van der Waals surface area (Å²) in [6.07, 6.45) is 0. The molecule has 2 heteroatoms. The van der Waals surface area contributed by atoms with E-state index >= 15 is 0 Å². The van der Waals surface area contributed by atoms with Gasteiger partial charge in [-0.15, -0.1) is 0 Å². The van der Waals surface area contributed by atoms with Crippen molar-refractivity contribution in [3.05, 3.63) is 11.3 Å². The van der Waals surface area contributed by atoms with E-state index in [0.29, 0.717) is 5.92 Å². The Morgan fingerprint density at radius 1 is 1.33 bits per heavy atom. The average molecular weight is 129 g/mol. The largest absolute Gasteiger partial charge is 0.416 e. The second kappa shape index (κ2) is 3.51. The van der Waals surface area contributed by atoms with Gasteiger partial charge in [-0.05, 0) is 25.3 Å². The van der Waals surface area contributed by atoms with Crippen LogP contribution >= 0.6 is 0 Å². The number of hydrogen-bond acceptors (Lipinski definition) is 2. The lowest BCUT2D eigenvalue weighted by atomic mass is 10.1. The molecular weight excluding hydrogens is 114 g/mol. The average Bonchev–Trinajstić information content (AvgIpc) is 1.84. The third kappa shape index (κ3) is 2.51. The summed E-state index contributed by atoms with van der Waals surface area (Å²) in [4.78, 5) is 4.55. The predicted octanol–water partition coefficient (Wildman–Crippen LogP) is 1.83. The Labute approximate surface area is 56.6 Å². The smallest absolute Gasteiger partial charge is 0.120 e. The van der Waals surface area contributed by atoms with E-state index in [-0.39, 0.29) is 0 Å². The fourth-order valence-corrected chi connectivity index (χ4v) is 0.499. The van der Waals surface area contributed by atoms with Gasteiger partial charge >= 0.3 is 0 Å². The summed E-state index contributed by atoms with van der Waals surface area (Å²) in [5, 5.41) is 0. The van der Waals surface area contributed by atoms with Gasteiger partial charge in [0.1, 0.15) is 5.76 Å². The van der Waals surface area contributed by atoms with Crippen LogP contribution in [0, 0.1) is 5.92 Å². The number of nitrogens with two attached hydrogens (primary N) is 1. The van der Waals surface area contributed by atoms with Crippen molar-refractivity contribution >= 4 is 0 Å². The van der Waals surface area contributed by atoms with Gasteiger partial charge in [0, 0.05) is 0 Å². The molecule has 0 aromatic heterocycles. The van der Waals surface area contributed by atoms with Crippen LogP contribution in [0.15, 0.2) is 11.3 Å². The van der Waals surface area contributed by atoms with E-state index in [2.05, 4.69) is 18.7 Å². The molecule has 0 aliphatic heterocycles. The molecule has 0 aliphatic carbocycles. The van der Waals surface area contributed by atoms with E-state index in [9.17, 15) is 0 Å². The van der Waals surface area contributed by atoms with Gasteiger partial charge in [-0.3, -0.25) is 0 Å². The molecule has 0 spiro atoms. The minimum atomic E-state index is 0.522. The van der Waals surface area contributed by atoms with Gasteiger partial charge in [0.15, 0.2) is 0 Å². The maximum Gasteiger partial charge on any atom is 0.120 e. The van der Waals surface area contributed by atoms with Gasteiger partial charge < -0.3 is 4.84 Å². The molecule has 0 amide bonds. The van der Waals surface area contributed by atoms with Gasteiger partial charge in [0.2, 0.25) is 0 Å². The molecule has 0 unspecified atom stereocenters. The maximum atomic E-state index is 4.95. The first kappa shape index (κ1) is 8.50. The van der Waals surface area contributed by atoms with Crippen molar-refractivity contribution in [1.82, 2.24) is 0 Å². The second-order valence-corrected chi connectivity index (χ2v) is 2.51. The standard InChI is InChI=1S/C7H15NO/c1-5(2)6(3)7(4)9-8/h5H,8H2,1-4H3/b7-6+. The van der Waals surface area contributed by atoms with Crippen molar-refractivity contribution in [2.45, 2.75) is 27.7 Å². The van der Waals surface area contributed by atoms with Crippen LogP contribution < -0.4 is 5.90 Å². The highest BCUT2D eigenvalue weighted by Crippen LogP contribution is 2.12. The Bertz CT molecular complexity index is 116. The van der Waals surface area contributed by atoms with E-state index in [1.54, 1.807) is 0 Å². The summed E-state index contributed by atoms with van der Waals surface area (Å²) in [5.41, 5.74) is 1.21. The molecule has 2 nitrogen and oxygen atoms in total. The maximum absolute atomic E-state index is 4.95. The minimum absolute atomic E-state index is 0.522. The van der Waals surface area contributed by atoms with Crippen LogP contribution in [-0.2, 0) is 4.84 Å². The van der Waals surface area contributed by atoms with Gasteiger partial charge in [-0.2, -0.15) is 5.90 Å². The molecule has 9 heavy (non-hydrogen) atoms. The molecule has 0 aliphatic rings. The van der Waals surface area contributed by atoms with E-state index < -0.39 is 0 Å². The third-order valence-electron chi connectivity index (χ3n) is 1.60. The Morgan fingerprint density at radius 3 is 1.89 bits per heavy atom. The first-order valence-corrected chi connectivity index (χ1v) is 3.13. The van der Waals surface area contributed by atoms with Crippen molar-refractivity contribution in [1.29, 1.82) is 0 Å². The van der Waals surface area contributed by atoms with E-state index in [1.165, 1.54) is 5.57 Å². The first-order chi connectivity index (χ1) is 4.09. The van der Waals surface area contributed by atoms with Crippen molar-refractivity contribution in [2.24, 2.45) is 11.8 Å². The minimum Gasteiger partial charge on any atom is -0.416 e. The summed E-state index contributed by atoms with van der Waals surface area (Å²) in [5.74, 6) is 6.30. The third-order valence-corrected chi connectivity index (χ3v) is 1.60. The summed E-state index contributed by atoms with van der Waals surface area (Å²) >= 11 is 0. The zero-order valence-electron chi connectivity index (χ0n) is 6.56. The van der Waals surface area contributed by atoms with Crippen molar-refractivity contribution in [3.8, 4) is 0 Å². The van der Waals surface area contributed by atoms with Gasteiger partial charge in [0.25, 0.3) is 0 Å². The highest BCUT2D eigenvalue weighted by Gasteiger charge is 2.00. The zero-order valence-corrected chi connectivity index (χ0v) is 6.56. The quantitative estimate of drug-likeness (QED) is 0.456. The van der Waals surface area contributed by atoms with E-state index in [4.69, 9.17) is 5.90 Å². The number of hydrogen-bond donors (Lipinski definition) is 1. The van der Waals surface area contributed by atoms with E-state index in [0.717, 1.165) is 5.76 Å². The zero-order chi connectivity index (χ0) is 7.44. The van der Waals surface area contributed by atoms with Crippen LogP contribution in [-0.4, -0.2) is 0 Å². The lowest BCUT2D eigenvalue weighted by molar-refractivity contribution is 0.216. The monoisotopic (exact) mass is 129 g/mol. The summed E-state index contributed by atoms with van der Waals surface area (Å²) in [7, 11) is 0. The molecule has 0 bridgehead atoms. The summed E-state index contributed by atoms with van der Waals surface area (Å²) < 4.78 is 0. The fourth-order valence-electron chi connectivity index (χ4n) is 0.499. The molecule has 0 saturated heterocycles. The Kier molecular flexibility index (Phi) is 3.32. The normalized spacial score (nSPS) is 13.6. The first-order valence-electron chi connectivity index (χ1n) is 3.13. The fraction of sp³-hybridized carbons (Fsp3) is 0.714. The van der Waals surface area contributed by atoms with Crippen molar-refractivity contribution in [3.63, 3.8) is 0 Å². The van der Waals surface area contributed by atoms with Crippen LogP contribution in [0.5, 0.6) is 0 Å². The van der Waals surface area contributed by atoms with Crippen molar-refractivity contribution in [2.75, 3.05) is 0 Å². The molecular formula is C7H15NO. The SMILES string of the molecule is C/C(ON)=C(/C)C(C)C.